The quantitative estimate of drug-likeness (QED) is 0.869. The van der Waals surface area contributed by atoms with Crippen LogP contribution in [0.15, 0.2) is 0 Å². The van der Waals surface area contributed by atoms with Crippen molar-refractivity contribution < 1.29 is 9.53 Å². The van der Waals surface area contributed by atoms with Crippen LogP contribution in [-0.4, -0.2) is 65.8 Å². The standard InChI is InChI=1S/C17H33N3O2/c1-13(2)19-10-8-15(11-19)18-14-7-6-9-20(12-14)16(21)22-17(3,4)5/h13-15,18H,6-12H2,1-5H3. The van der Waals surface area contributed by atoms with Gasteiger partial charge in [0, 0.05) is 37.8 Å². The lowest BCUT2D eigenvalue weighted by atomic mass is 10.0. The third-order valence-electron chi connectivity index (χ3n) is 4.49. The van der Waals surface area contributed by atoms with Crippen molar-refractivity contribution in [1.82, 2.24) is 15.1 Å². The zero-order valence-electron chi connectivity index (χ0n) is 14.9. The summed E-state index contributed by atoms with van der Waals surface area (Å²) < 4.78 is 5.49. The van der Waals surface area contributed by atoms with Crippen LogP contribution in [-0.2, 0) is 4.74 Å². The summed E-state index contributed by atoms with van der Waals surface area (Å²) in [5.74, 6) is 0. The van der Waals surface area contributed by atoms with Gasteiger partial charge in [0.05, 0.1) is 0 Å². The van der Waals surface area contributed by atoms with E-state index in [1.807, 2.05) is 25.7 Å². The van der Waals surface area contributed by atoms with E-state index in [-0.39, 0.29) is 6.09 Å². The number of hydrogen-bond acceptors (Lipinski definition) is 4. The minimum absolute atomic E-state index is 0.172. The van der Waals surface area contributed by atoms with Gasteiger partial charge < -0.3 is 15.0 Å². The van der Waals surface area contributed by atoms with E-state index in [4.69, 9.17) is 4.74 Å². The summed E-state index contributed by atoms with van der Waals surface area (Å²) in [6, 6.07) is 1.58. The number of nitrogens with zero attached hydrogens (tertiary/aromatic N) is 2. The van der Waals surface area contributed by atoms with Gasteiger partial charge in [0.25, 0.3) is 0 Å². The summed E-state index contributed by atoms with van der Waals surface area (Å²) in [6.45, 7) is 14.2. The first-order valence-electron chi connectivity index (χ1n) is 8.72. The van der Waals surface area contributed by atoms with Crippen molar-refractivity contribution >= 4 is 6.09 Å². The molecule has 5 heteroatoms. The van der Waals surface area contributed by atoms with Crippen molar-refractivity contribution in [3.05, 3.63) is 0 Å². The Labute approximate surface area is 135 Å². The maximum absolute atomic E-state index is 12.2. The lowest BCUT2D eigenvalue weighted by molar-refractivity contribution is 0.0183. The fourth-order valence-corrected chi connectivity index (χ4v) is 3.33. The van der Waals surface area contributed by atoms with Gasteiger partial charge in [0.2, 0.25) is 0 Å². The lowest BCUT2D eigenvalue weighted by Crippen LogP contribution is -2.52. The van der Waals surface area contributed by atoms with Crippen LogP contribution in [0.25, 0.3) is 0 Å². The molecule has 0 aromatic carbocycles. The number of likely N-dealkylation sites (tertiary alicyclic amines) is 2. The van der Waals surface area contributed by atoms with Gasteiger partial charge in [-0.25, -0.2) is 4.79 Å². The molecule has 2 atom stereocenters. The number of hydrogen-bond donors (Lipinski definition) is 1. The summed E-state index contributed by atoms with van der Waals surface area (Å²) in [7, 11) is 0. The molecule has 5 nitrogen and oxygen atoms in total. The van der Waals surface area contributed by atoms with Crippen LogP contribution in [0.2, 0.25) is 0 Å². The summed E-state index contributed by atoms with van der Waals surface area (Å²) >= 11 is 0. The Morgan fingerprint density at radius 3 is 2.41 bits per heavy atom. The van der Waals surface area contributed by atoms with Crippen LogP contribution < -0.4 is 5.32 Å². The third kappa shape index (κ3) is 5.13. The van der Waals surface area contributed by atoms with E-state index in [1.54, 1.807) is 0 Å². The van der Waals surface area contributed by atoms with Crippen molar-refractivity contribution in [2.45, 2.75) is 77.6 Å². The van der Waals surface area contributed by atoms with Crippen molar-refractivity contribution in [3.8, 4) is 0 Å². The van der Waals surface area contributed by atoms with Crippen LogP contribution in [0.1, 0.15) is 53.9 Å². The Hall–Kier alpha value is -0.810. The molecular formula is C17H33N3O2. The second-order valence-corrected chi connectivity index (χ2v) is 8.01. The normalized spacial score (nSPS) is 27.5. The van der Waals surface area contributed by atoms with Gasteiger partial charge >= 0.3 is 6.09 Å². The second-order valence-electron chi connectivity index (χ2n) is 8.01. The first kappa shape index (κ1) is 17.5. The molecule has 2 saturated heterocycles. The van der Waals surface area contributed by atoms with Crippen LogP contribution in [0.3, 0.4) is 0 Å². The molecule has 0 radical (unpaired) electrons. The maximum atomic E-state index is 12.2. The molecule has 0 bridgehead atoms. The Kier molecular flexibility index (Phi) is 5.72. The molecule has 22 heavy (non-hydrogen) atoms. The largest absolute Gasteiger partial charge is 0.444 e. The molecule has 0 aliphatic carbocycles. The monoisotopic (exact) mass is 311 g/mol. The molecule has 2 aliphatic rings. The van der Waals surface area contributed by atoms with Gasteiger partial charge in [-0.1, -0.05) is 0 Å². The van der Waals surface area contributed by atoms with E-state index in [0.29, 0.717) is 18.1 Å². The van der Waals surface area contributed by atoms with Gasteiger partial charge in [-0.2, -0.15) is 0 Å². The number of nitrogens with one attached hydrogen (secondary N) is 1. The molecule has 1 N–H and O–H groups in total. The molecule has 2 fully saturated rings. The zero-order valence-corrected chi connectivity index (χ0v) is 14.9. The molecule has 0 aromatic heterocycles. The number of carbonyl (C=O) groups is 1. The summed E-state index contributed by atoms with van der Waals surface area (Å²) in [5.41, 5.74) is -0.416. The average molecular weight is 311 g/mol. The van der Waals surface area contributed by atoms with Gasteiger partial charge in [-0.15, -0.1) is 0 Å². The predicted molar refractivity (Wildman–Crippen MR) is 89.1 cm³/mol. The van der Waals surface area contributed by atoms with Crippen molar-refractivity contribution in [2.24, 2.45) is 0 Å². The SMILES string of the molecule is CC(C)N1CCC(NC2CCCN(C(=O)OC(C)(C)C)C2)C1. The third-order valence-corrected chi connectivity index (χ3v) is 4.49. The van der Waals surface area contributed by atoms with E-state index >= 15 is 0 Å². The Morgan fingerprint density at radius 2 is 1.82 bits per heavy atom. The topological polar surface area (TPSA) is 44.8 Å². The van der Waals surface area contributed by atoms with Crippen molar-refractivity contribution in [2.75, 3.05) is 26.2 Å². The van der Waals surface area contributed by atoms with Crippen molar-refractivity contribution in [3.63, 3.8) is 0 Å². The minimum Gasteiger partial charge on any atom is -0.444 e. The highest BCUT2D eigenvalue weighted by Gasteiger charge is 2.31. The molecule has 1 amide bonds. The molecule has 2 unspecified atom stereocenters. The maximum Gasteiger partial charge on any atom is 0.410 e. The van der Waals surface area contributed by atoms with Crippen LogP contribution in [0.5, 0.6) is 0 Å². The molecule has 2 aliphatic heterocycles. The second kappa shape index (κ2) is 7.18. The average Bonchev–Trinajstić information content (AvgIpc) is 2.86. The fourth-order valence-electron chi connectivity index (χ4n) is 3.33. The van der Waals surface area contributed by atoms with Crippen LogP contribution in [0.4, 0.5) is 4.79 Å². The molecule has 0 aromatic rings. The molecule has 2 heterocycles. The number of piperidine rings is 1. The molecule has 0 saturated carbocycles. The first-order chi connectivity index (χ1) is 10.2. The van der Waals surface area contributed by atoms with Gasteiger partial charge in [-0.05, 0) is 60.4 Å². The summed E-state index contributed by atoms with van der Waals surface area (Å²) in [4.78, 5) is 16.6. The number of carbonyl (C=O) groups excluding carboxylic acids is 1. The lowest BCUT2D eigenvalue weighted by Gasteiger charge is -2.35. The van der Waals surface area contributed by atoms with E-state index in [1.165, 1.54) is 13.0 Å². The Bertz CT molecular complexity index is 379. The molecule has 0 spiro atoms. The summed E-state index contributed by atoms with van der Waals surface area (Å²) in [6.07, 6.45) is 3.24. The summed E-state index contributed by atoms with van der Waals surface area (Å²) in [5, 5.41) is 3.76. The predicted octanol–water partition coefficient (Wildman–Crippen LogP) is 2.46. The molecule has 128 valence electrons. The Balaban J connectivity index is 1.80. The smallest absolute Gasteiger partial charge is 0.410 e. The van der Waals surface area contributed by atoms with Gasteiger partial charge in [0.15, 0.2) is 0 Å². The van der Waals surface area contributed by atoms with E-state index in [2.05, 4.69) is 24.1 Å². The molecular weight excluding hydrogens is 278 g/mol. The van der Waals surface area contributed by atoms with Gasteiger partial charge in [-0.3, -0.25) is 4.90 Å². The van der Waals surface area contributed by atoms with Crippen LogP contribution >= 0.6 is 0 Å². The van der Waals surface area contributed by atoms with Crippen LogP contribution in [0, 0.1) is 0 Å². The highest BCUT2D eigenvalue weighted by molar-refractivity contribution is 5.68. The highest BCUT2D eigenvalue weighted by Crippen LogP contribution is 2.18. The molecule has 2 rings (SSSR count). The number of ether oxygens (including phenoxy) is 1. The first-order valence-corrected chi connectivity index (χ1v) is 8.72. The van der Waals surface area contributed by atoms with E-state index in [9.17, 15) is 4.79 Å². The highest BCUT2D eigenvalue weighted by atomic mass is 16.6. The number of rotatable bonds is 3. The van der Waals surface area contributed by atoms with E-state index < -0.39 is 5.60 Å². The van der Waals surface area contributed by atoms with Crippen molar-refractivity contribution in [1.29, 1.82) is 0 Å². The number of amides is 1. The Morgan fingerprint density at radius 1 is 1.14 bits per heavy atom. The fraction of sp³-hybridized carbons (Fsp3) is 0.941. The van der Waals surface area contributed by atoms with Gasteiger partial charge in [0.1, 0.15) is 5.60 Å². The van der Waals surface area contributed by atoms with E-state index in [0.717, 1.165) is 32.5 Å². The zero-order chi connectivity index (χ0) is 16.3. The minimum atomic E-state index is -0.416.